The molecule has 156 valence electrons. The minimum atomic E-state index is 0.172. The molecule has 1 aliphatic heterocycles. The molecule has 0 bridgehead atoms. The Balaban J connectivity index is 1.55. The molecule has 0 unspecified atom stereocenters. The van der Waals surface area contributed by atoms with E-state index in [0.29, 0.717) is 5.02 Å². The first kappa shape index (κ1) is 20.8. The van der Waals surface area contributed by atoms with Gasteiger partial charge in [-0.05, 0) is 59.4 Å². The summed E-state index contributed by atoms with van der Waals surface area (Å²) in [5.41, 5.74) is 6.30. The van der Waals surface area contributed by atoms with Gasteiger partial charge in [0.1, 0.15) is 5.75 Å². The van der Waals surface area contributed by atoms with Crippen LogP contribution in [0, 0.1) is 0 Å². The number of anilines is 1. The highest BCUT2D eigenvalue weighted by atomic mass is 35.5. The smallest absolute Gasteiger partial charge is 0.134 e. The predicted molar refractivity (Wildman–Crippen MR) is 126 cm³/mol. The summed E-state index contributed by atoms with van der Waals surface area (Å²) in [7, 11) is 4.13. The minimum absolute atomic E-state index is 0.172. The third kappa shape index (κ3) is 4.63. The Morgan fingerprint density at radius 3 is 2.47 bits per heavy atom. The molecular weight excluding hydrogens is 392 g/mol. The molecule has 0 spiro atoms. The number of phenols is 1. The Morgan fingerprint density at radius 2 is 1.77 bits per heavy atom. The second-order valence-corrected chi connectivity index (χ2v) is 8.73. The fraction of sp³-hybridized carbons (Fsp3) is 0.308. The van der Waals surface area contributed by atoms with Crippen LogP contribution in [0.4, 0.5) is 5.69 Å². The highest BCUT2D eigenvalue weighted by Gasteiger charge is 2.25. The zero-order chi connectivity index (χ0) is 21.1. The van der Waals surface area contributed by atoms with Gasteiger partial charge in [-0.2, -0.15) is 0 Å². The van der Waals surface area contributed by atoms with Gasteiger partial charge in [-0.3, -0.25) is 0 Å². The molecule has 0 saturated carbocycles. The first-order valence-electron chi connectivity index (χ1n) is 10.6. The second kappa shape index (κ2) is 9.11. The summed E-state index contributed by atoms with van der Waals surface area (Å²) in [4.78, 5) is 4.67. The zero-order valence-electron chi connectivity index (χ0n) is 17.7. The van der Waals surface area contributed by atoms with Gasteiger partial charge in [-0.15, -0.1) is 0 Å². The topological polar surface area (TPSA) is 26.7 Å². The van der Waals surface area contributed by atoms with Gasteiger partial charge >= 0.3 is 0 Å². The molecule has 3 aromatic rings. The Bertz CT molecular complexity index is 986. The first-order valence-corrected chi connectivity index (χ1v) is 10.9. The van der Waals surface area contributed by atoms with Crippen molar-refractivity contribution in [1.29, 1.82) is 0 Å². The standard InChI is InChI=1S/C26H29ClN2O/c1-28(2)22-10-8-19(9-11-22)12-14-29-15-13-21-16-25(27)26(30)17-23(21)24(18-29)20-6-4-3-5-7-20/h3-11,16-17,24,30H,12-15,18H2,1-2H3/t24-/m0/s1. The maximum atomic E-state index is 10.3. The molecule has 0 aliphatic carbocycles. The number of halogens is 1. The fourth-order valence-electron chi connectivity index (χ4n) is 4.31. The summed E-state index contributed by atoms with van der Waals surface area (Å²) < 4.78 is 0. The average molecular weight is 421 g/mol. The molecular formula is C26H29ClN2O. The summed E-state index contributed by atoms with van der Waals surface area (Å²) in [5.74, 6) is 0.397. The lowest BCUT2D eigenvalue weighted by molar-refractivity contribution is 0.280. The number of phenolic OH excluding ortho intramolecular Hbond substituents is 1. The Labute approximate surface area is 184 Å². The van der Waals surface area contributed by atoms with E-state index in [1.165, 1.54) is 27.9 Å². The van der Waals surface area contributed by atoms with Gasteiger partial charge in [0.05, 0.1) is 5.02 Å². The Kier molecular flexibility index (Phi) is 6.31. The third-order valence-corrected chi connectivity index (χ3v) is 6.40. The lowest BCUT2D eigenvalue weighted by Crippen LogP contribution is -2.30. The monoisotopic (exact) mass is 420 g/mol. The molecule has 1 atom stereocenters. The molecule has 30 heavy (non-hydrogen) atoms. The largest absolute Gasteiger partial charge is 0.506 e. The van der Waals surface area contributed by atoms with Crippen molar-refractivity contribution in [3.05, 3.63) is 94.0 Å². The van der Waals surface area contributed by atoms with Crippen molar-refractivity contribution in [3.63, 3.8) is 0 Å². The van der Waals surface area contributed by atoms with Crippen LogP contribution in [0.3, 0.4) is 0 Å². The summed E-state index contributed by atoms with van der Waals surface area (Å²) in [6.45, 7) is 2.94. The van der Waals surface area contributed by atoms with Gasteiger partial charge in [0.2, 0.25) is 0 Å². The minimum Gasteiger partial charge on any atom is -0.506 e. The molecule has 0 saturated heterocycles. The molecule has 0 amide bonds. The number of aromatic hydroxyl groups is 1. The molecule has 1 N–H and O–H groups in total. The van der Waals surface area contributed by atoms with Gasteiger partial charge in [0.25, 0.3) is 0 Å². The highest BCUT2D eigenvalue weighted by molar-refractivity contribution is 6.32. The maximum Gasteiger partial charge on any atom is 0.134 e. The Hall–Kier alpha value is -2.49. The van der Waals surface area contributed by atoms with E-state index in [2.05, 4.69) is 78.5 Å². The quantitative estimate of drug-likeness (QED) is 0.603. The van der Waals surface area contributed by atoms with E-state index < -0.39 is 0 Å². The molecule has 1 heterocycles. The SMILES string of the molecule is CN(C)c1ccc(CCN2CCc3cc(Cl)c(O)cc3[C@H](c3ccccc3)C2)cc1. The molecule has 0 radical (unpaired) electrons. The van der Waals surface area contributed by atoms with Crippen LogP contribution in [-0.4, -0.2) is 43.7 Å². The van der Waals surface area contributed by atoms with E-state index in [0.717, 1.165) is 32.5 Å². The lowest BCUT2D eigenvalue weighted by Gasteiger charge is -2.25. The molecule has 0 aromatic heterocycles. The van der Waals surface area contributed by atoms with Gasteiger partial charge in [-0.1, -0.05) is 54.1 Å². The van der Waals surface area contributed by atoms with Crippen LogP contribution in [0.5, 0.6) is 5.75 Å². The predicted octanol–water partition coefficient (Wildman–Crippen LogP) is 5.34. The van der Waals surface area contributed by atoms with Crippen molar-refractivity contribution in [2.75, 3.05) is 38.6 Å². The Morgan fingerprint density at radius 1 is 1.03 bits per heavy atom. The lowest BCUT2D eigenvalue weighted by atomic mass is 9.88. The van der Waals surface area contributed by atoms with Crippen LogP contribution in [0.25, 0.3) is 0 Å². The second-order valence-electron chi connectivity index (χ2n) is 8.33. The van der Waals surface area contributed by atoms with Crippen molar-refractivity contribution in [2.24, 2.45) is 0 Å². The molecule has 4 heteroatoms. The normalized spacial score (nSPS) is 16.7. The van der Waals surface area contributed by atoms with Crippen molar-refractivity contribution < 1.29 is 5.11 Å². The van der Waals surface area contributed by atoms with Gasteiger partial charge in [0, 0.05) is 45.3 Å². The van der Waals surface area contributed by atoms with E-state index in [-0.39, 0.29) is 11.7 Å². The number of benzene rings is 3. The van der Waals surface area contributed by atoms with Crippen molar-refractivity contribution >= 4 is 17.3 Å². The summed E-state index contributed by atoms with van der Waals surface area (Å²) >= 11 is 6.24. The third-order valence-electron chi connectivity index (χ3n) is 6.09. The molecule has 1 aliphatic rings. The fourth-order valence-corrected chi connectivity index (χ4v) is 4.49. The van der Waals surface area contributed by atoms with E-state index in [9.17, 15) is 5.11 Å². The van der Waals surface area contributed by atoms with Crippen molar-refractivity contribution in [1.82, 2.24) is 4.90 Å². The molecule has 3 nitrogen and oxygen atoms in total. The van der Waals surface area contributed by atoms with Crippen LogP contribution in [-0.2, 0) is 12.8 Å². The van der Waals surface area contributed by atoms with Crippen LogP contribution in [0.2, 0.25) is 5.02 Å². The van der Waals surface area contributed by atoms with E-state index in [1.807, 2.05) is 12.1 Å². The average Bonchev–Trinajstić information content (AvgIpc) is 2.93. The van der Waals surface area contributed by atoms with Crippen LogP contribution in [0.15, 0.2) is 66.7 Å². The number of rotatable bonds is 5. The van der Waals surface area contributed by atoms with Crippen molar-refractivity contribution in [2.45, 2.75) is 18.8 Å². The number of fused-ring (bicyclic) bond motifs is 1. The number of hydrogen-bond acceptors (Lipinski definition) is 3. The molecule has 0 fully saturated rings. The number of hydrogen-bond donors (Lipinski definition) is 1. The van der Waals surface area contributed by atoms with Crippen molar-refractivity contribution in [3.8, 4) is 5.75 Å². The summed E-state index contributed by atoms with van der Waals surface area (Å²) in [6.07, 6.45) is 1.97. The first-order chi connectivity index (χ1) is 14.5. The summed E-state index contributed by atoms with van der Waals surface area (Å²) in [5, 5.41) is 10.7. The van der Waals surface area contributed by atoms with E-state index >= 15 is 0 Å². The van der Waals surface area contributed by atoms with Gasteiger partial charge < -0.3 is 14.9 Å². The maximum absolute atomic E-state index is 10.3. The van der Waals surface area contributed by atoms with Gasteiger partial charge in [0.15, 0.2) is 0 Å². The van der Waals surface area contributed by atoms with E-state index in [4.69, 9.17) is 11.6 Å². The number of nitrogens with zero attached hydrogens (tertiary/aromatic N) is 2. The summed E-state index contributed by atoms with van der Waals surface area (Å²) in [6, 6.07) is 23.3. The van der Waals surface area contributed by atoms with Crippen LogP contribution >= 0.6 is 11.6 Å². The molecule has 4 rings (SSSR count). The van der Waals surface area contributed by atoms with Crippen LogP contribution < -0.4 is 4.90 Å². The van der Waals surface area contributed by atoms with Gasteiger partial charge in [-0.25, -0.2) is 0 Å². The highest BCUT2D eigenvalue weighted by Crippen LogP contribution is 2.37. The molecule has 3 aromatic carbocycles. The van der Waals surface area contributed by atoms with E-state index in [1.54, 1.807) is 0 Å². The van der Waals surface area contributed by atoms with Crippen LogP contribution in [0.1, 0.15) is 28.2 Å². The zero-order valence-corrected chi connectivity index (χ0v) is 18.4.